The fraction of sp³-hybridized carbons (Fsp3) is 0.235. The van der Waals surface area contributed by atoms with Gasteiger partial charge in [0.1, 0.15) is 17.8 Å². The van der Waals surface area contributed by atoms with Crippen molar-refractivity contribution in [2.75, 3.05) is 11.5 Å². The number of hydrogen-bond donors (Lipinski definition) is 2. The van der Waals surface area contributed by atoms with Gasteiger partial charge in [0.25, 0.3) is 0 Å². The van der Waals surface area contributed by atoms with Gasteiger partial charge in [-0.2, -0.15) is 5.10 Å². The van der Waals surface area contributed by atoms with E-state index in [4.69, 9.17) is 5.73 Å². The Kier molecular flexibility index (Phi) is 4.53. The molecule has 2 atom stereocenters. The topological polar surface area (TPSA) is 89.9 Å². The molecule has 1 saturated heterocycles. The highest BCUT2D eigenvalue weighted by Gasteiger charge is 2.28. The molecule has 25 heavy (non-hydrogen) atoms. The molecule has 0 spiro atoms. The number of aliphatic hydroxyl groups excluding tert-OH is 1. The quantitative estimate of drug-likeness (QED) is 0.527. The van der Waals surface area contributed by atoms with Gasteiger partial charge in [-0.25, -0.2) is 14.6 Å². The maximum Gasteiger partial charge on any atom is 0.164 e. The van der Waals surface area contributed by atoms with Crippen LogP contribution in [-0.4, -0.2) is 42.0 Å². The number of aliphatic hydroxyl groups is 1. The zero-order valence-electron chi connectivity index (χ0n) is 13.2. The molecule has 1 aliphatic heterocycles. The van der Waals surface area contributed by atoms with E-state index in [1.165, 1.54) is 6.33 Å². The van der Waals surface area contributed by atoms with E-state index < -0.39 is 0 Å². The summed E-state index contributed by atoms with van der Waals surface area (Å²) in [5.41, 5.74) is 8.15. The fourth-order valence-electron chi connectivity index (χ4n) is 2.59. The second-order valence-corrected chi connectivity index (χ2v) is 8.24. The minimum absolute atomic E-state index is 0.0687. The van der Waals surface area contributed by atoms with E-state index in [1.54, 1.807) is 26.3 Å². The largest absolute Gasteiger partial charge is 0.391 e. The second-order valence-electron chi connectivity index (χ2n) is 5.59. The molecule has 8 heteroatoms. The van der Waals surface area contributed by atoms with Crippen LogP contribution < -0.4 is 5.73 Å². The van der Waals surface area contributed by atoms with Crippen LogP contribution >= 0.6 is 21.6 Å². The van der Waals surface area contributed by atoms with Crippen LogP contribution in [0.4, 0.5) is 5.82 Å². The van der Waals surface area contributed by atoms with Crippen LogP contribution in [0.25, 0.3) is 11.0 Å². The standard InChI is InChI=1S/C17H15N5OS2/c18-16-15-12(7-6-11-4-2-1-3-5-11)21-22(17(15)20-10-19-16)8-14-13(23)9-24-25-14/h1-5,10,13-14,23H,8-9H2,(H2,18,19,20)/t13-,14+/m1/s1. The molecule has 1 aliphatic rings. The number of anilines is 1. The Balaban J connectivity index is 1.75. The van der Waals surface area contributed by atoms with Crippen molar-refractivity contribution in [1.82, 2.24) is 19.7 Å². The molecule has 0 bridgehead atoms. The smallest absolute Gasteiger partial charge is 0.164 e. The van der Waals surface area contributed by atoms with Gasteiger partial charge in [0.2, 0.25) is 0 Å². The summed E-state index contributed by atoms with van der Waals surface area (Å²) in [5.74, 6) is 7.28. The van der Waals surface area contributed by atoms with Crippen molar-refractivity contribution in [3.05, 3.63) is 47.9 Å². The van der Waals surface area contributed by atoms with Crippen LogP contribution in [0.15, 0.2) is 36.7 Å². The molecule has 0 aliphatic carbocycles. The molecule has 3 heterocycles. The molecule has 0 saturated carbocycles. The lowest BCUT2D eigenvalue weighted by Crippen LogP contribution is -2.25. The fourth-order valence-corrected chi connectivity index (χ4v) is 5.51. The Labute approximate surface area is 152 Å². The highest BCUT2D eigenvalue weighted by Crippen LogP contribution is 2.39. The van der Waals surface area contributed by atoms with Crippen LogP contribution in [0, 0.1) is 11.8 Å². The zero-order valence-corrected chi connectivity index (χ0v) is 14.8. The van der Waals surface area contributed by atoms with E-state index in [9.17, 15) is 5.11 Å². The van der Waals surface area contributed by atoms with Crippen LogP contribution in [0.2, 0.25) is 0 Å². The van der Waals surface area contributed by atoms with E-state index in [-0.39, 0.29) is 11.4 Å². The van der Waals surface area contributed by atoms with Gasteiger partial charge in [-0.05, 0) is 18.1 Å². The van der Waals surface area contributed by atoms with Gasteiger partial charge in [-0.1, -0.05) is 45.7 Å². The van der Waals surface area contributed by atoms with Gasteiger partial charge < -0.3 is 10.8 Å². The predicted molar refractivity (Wildman–Crippen MR) is 102 cm³/mol. The van der Waals surface area contributed by atoms with Crippen LogP contribution in [0.5, 0.6) is 0 Å². The number of rotatable bonds is 2. The predicted octanol–water partition coefficient (Wildman–Crippen LogP) is 1.93. The third-order valence-electron chi connectivity index (χ3n) is 3.87. The number of benzene rings is 1. The molecule has 3 aromatic rings. The molecule has 4 rings (SSSR count). The SMILES string of the molecule is Nc1ncnc2c1c(C#Cc1ccccc1)nn2C[C@@H]1SSC[C@H]1O. The summed E-state index contributed by atoms with van der Waals surface area (Å²) in [6.07, 6.45) is 1.07. The molecular weight excluding hydrogens is 354 g/mol. The number of fused-ring (bicyclic) bond motifs is 1. The van der Waals surface area contributed by atoms with E-state index in [2.05, 4.69) is 26.9 Å². The summed E-state index contributed by atoms with van der Waals surface area (Å²) < 4.78 is 1.77. The summed E-state index contributed by atoms with van der Waals surface area (Å²) in [4.78, 5) is 8.40. The number of hydrogen-bond acceptors (Lipinski definition) is 7. The number of nitrogens with zero attached hydrogens (tertiary/aromatic N) is 4. The molecule has 6 nitrogen and oxygen atoms in total. The molecule has 3 N–H and O–H groups in total. The molecule has 0 unspecified atom stereocenters. The van der Waals surface area contributed by atoms with Crippen molar-refractivity contribution in [2.45, 2.75) is 17.9 Å². The average Bonchev–Trinajstić information content (AvgIpc) is 3.19. The molecule has 1 aromatic carbocycles. The third-order valence-corrected chi connectivity index (χ3v) is 6.75. The first-order chi connectivity index (χ1) is 12.2. The summed E-state index contributed by atoms with van der Waals surface area (Å²) in [7, 11) is 3.35. The number of nitrogen functional groups attached to an aromatic ring is 1. The molecule has 0 amide bonds. The number of aromatic nitrogens is 4. The van der Waals surface area contributed by atoms with Crippen LogP contribution in [-0.2, 0) is 6.54 Å². The summed E-state index contributed by atoms with van der Waals surface area (Å²) in [6, 6.07) is 9.70. The minimum atomic E-state index is -0.354. The second kappa shape index (κ2) is 6.96. The Bertz CT molecular complexity index is 964. The van der Waals surface area contributed by atoms with Crippen molar-refractivity contribution >= 4 is 38.4 Å². The van der Waals surface area contributed by atoms with Crippen molar-refractivity contribution < 1.29 is 5.11 Å². The van der Waals surface area contributed by atoms with E-state index in [0.717, 1.165) is 11.3 Å². The maximum atomic E-state index is 10.1. The summed E-state index contributed by atoms with van der Waals surface area (Å²) >= 11 is 0. The molecule has 2 aromatic heterocycles. The Hall–Kier alpha value is -2.21. The lowest BCUT2D eigenvalue weighted by atomic mass is 10.2. The third kappa shape index (κ3) is 3.31. The Morgan fingerprint density at radius 3 is 2.84 bits per heavy atom. The molecule has 1 fully saturated rings. The van der Waals surface area contributed by atoms with E-state index in [0.29, 0.717) is 29.1 Å². The number of nitrogens with two attached hydrogens (primary N) is 1. The van der Waals surface area contributed by atoms with Gasteiger partial charge in [0.15, 0.2) is 5.65 Å². The Morgan fingerprint density at radius 2 is 2.08 bits per heavy atom. The highest BCUT2D eigenvalue weighted by atomic mass is 33.1. The average molecular weight is 369 g/mol. The van der Waals surface area contributed by atoms with Crippen molar-refractivity contribution in [2.24, 2.45) is 0 Å². The van der Waals surface area contributed by atoms with Crippen molar-refractivity contribution in [3.63, 3.8) is 0 Å². The normalized spacial score (nSPS) is 19.7. The van der Waals surface area contributed by atoms with Crippen molar-refractivity contribution in [3.8, 4) is 11.8 Å². The van der Waals surface area contributed by atoms with Gasteiger partial charge >= 0.3 is 0 Å². The monoisotopic (exact) mass is 369 g/mol. The van der Waals surface area contributed by atoms with Crippen LogP contribution in [0.3, 0.4) is 0 Å². The maximum absolute atomic E-state index is 10.1. The first-order valence-corrected chi connectivity index (χ1v) is 10.1. The Morgan fingerprint density at radius 1 is 1.24 bits per heavy atom. The molecular formula is C17H15N5OS2. The lowest BCUT2D eigenvalue weighted by molar-refractivity contribution is 0.190. The first-order valence-electron chi connectivity index (χ1n) is 7.73. The summed E-state index contributed by atoms with van der Waals surface area (Å²) in [6.45, 7) is 0.554. The van der Waals surface area contributed by atoms with E-state index >= 15 is 0 Å². The van der Waals surface area contributed by atoms with Crippen LogP contribution in [0.1, 0.15) is 11.3 Å². The van der Waals surface area contributed by atoms with Gasteiger partial charge in [-0.15, -0.1) is 0 Å². The zero-order chi connectivity index (χ0) is 17.2. The summed E-state index contributed by atoms with van der Waals surface area (Å²) in [5, 5.41) is 15.4. The van der Waals surface area contributed by atoms with Gasteiger partial charge in [0.05, 0.1) is 23.3 Å². The minimum Gasteiger partial charge on any atom is -0.391 e. The van der Waals surface area contributed by atoms with Crippen molar-refractivity contribution in [1.29, 1.82) is 0 Å². The molecule has 126 valence electrons. The molecule has 0 radical (unpaired) electrons. The first kappa shape index (κ1) is 16.3. The highest BCUT2D eigenvalue weighted by molar-refractivity contribution is 8.77. The van der Waals surface area contributed by atoms with Gasteiger partial charge in [-0.3, -0.25) is 0 Å². The van der Waals surface area contributed by atoms with E-state index in [1.807, 2.05) is 30.3 Å². The van der Waals surface area contributed by atoms with Gasteiger partial charge in [0, 0.05) is 11.3 Å². The lowest BCUT2D eigenvalue weighted by Gasteiger charge is -2.12.